The fourth-order valence-electron chi connectivity index (χ4n) is 3.12. The van der Waals surface area contributed by atoms with Crippen molar-refractivity contribution < 1.29 is 4.79 Å². The number of anilines is 1. The first-order valence-electron chi connectivity index (χ1n) is 9.86. The molecular weight excluding hydrogens is 410 g/mol. The number of thiazole rings is 1. The van der Waals surface area contributed by atoms with Gasteiger partial charge < -0.3 is 5.32 Å². The number of aromatic nitrogens is 2. The Balaban J connectivity index is 1.48. The largest absolute Gasteiger partial charge is 0.326 e. The lowest BCUT2D eigenvalue weighted by atomic mass is 10.1. The zero-order valence-corrected chi connectivity index (χ0v) is 18.8. The molecule has 4 aromatic rings. The van der Waals surface area contributed by atoms with Crippen LogP contribution in [-0.2, 0) is 11.2 Å². The number of pyridine rings is 1. The molecule has 2 heterocycles. The topological polar surface area (TPSA) is 54.9 Å². The van der Waals surface area contributed by atoms with Crippen LogP contribution >= 0.6 is 23.1 Å². The zero-order chi connectivity index (χ0) is 21.1. The number of aryl methyl sites for hydroxylation is 1. The minimum absolute atomic E-state index is 0.0227. The number of hydrogen-bond donors (Lipinski definition) is 1. The van der Waals surface area contributed by atoms with Gasteiger partial charge in [0.05, 0.1) is 6.42 Å². The molecule has 0 spiro atoms. The molecule has 0 aliphatic rings. The first kappa shape index (κ1) is 20.6. The SMILES string of the molecule is Cc1ccc(-c2nc3cccnc3s2)cc1NC(=O)Cc1ccc(SC(C)C)cc1. The van der Waals surface area contributed by atoms with Gasteiger partial charge in [-0.25, -0.2) is 9.97 Å². The Kier molecular flexibility index (Phi) is 6.16. The molecule has 6 heteroatoms. The molecule has 0 saturated heterocycles. The minimum atomic E-state index is -0.0227. The maximum atomic E-state index is 12.6. The summed E-state index contributed by atoms with van der Waals surface area (Å²) >= 11 is 3.38. The van der Waals surface area contributed by atoms with Crippen LogP contribution in [0.25, 0.3) is 20.9 Å². The number of nitrogens with one attached hydrogen (secondary N) is 1. The Bertz CT molecular complexity index is 1150. The van der Waals surface area contributed by atoms with E-state index in [9.17, 15) is 4.79 Å². The Morgan fingerprint density at radius 3 is 2.67 bits per heavy atom. The van der Waals surface area contributed by atoms with Gasteiger partial charge in [0.25, 0.3) is 0 Å². The van der Waals surface area contributed by atoms with Gasteiger partial charge in [0.2, 0.25) is 5.91 Å². The Morgan fingerprint density at radius 2 is 1.93 bits per heavy atom. The molecule has 0 radical (unpaired) electrons. The quantitative estimate of drug-likeness (QED) is 0.360. The average molecular weight is 434 g/mol. The third-order valence-corrected chi connectivity index (χ3v) is 6.63. The first-order chi connectivity index (χ1) is 14.5. The zero-order valence-electron chi connectivity index (χ0n) is 17.2. The molecule has 0 fully saturated rings. The summed E-state index contributed by atoms with van der Waals surface area (Å²) in [6, 6.07) is 18.1. The summed E-state index contributed by atoms with van der Waals surface area (Å²) in [5.41, 5.74) is 4.72. The predicted molar refractivity (Wildman–Crippen MR) is 127 cm³/mol. The summed E-state index contributed by atoms with van der Waals surface area (Å²) in [5.74, 6) is -0.0227. The fraction of sp³-hybridized carbons (Fsp3) is 0.208. The van der Waals surface area contributed by atoms with Gasteiger partial charge in [0.1, 0.15) is 15.4 Å². The van der Waals surface area contributed by atoms with Crippen molar-refractivity contribution in [1.29, 1.82) is 0 Å². The van der Waals surface area contributed by atoms with Crippen molar-refractivity contribution in [2.24, 2.45) is 0 Å². The van der Waals surface area contributed by atoms with Gasteiger partial charge in [0.15, 0.2) is 0 Å². The average Bonchev–Trinajstić information content (AvgIpc) is 3.15. The van der Waals surface area contributed by atoms with E-state index in [1.165, 1.54) is 4.90 Å². The molecule has 2 aromatic carbocycles. The first-order valence-corrected chi connectivity index (χ1v) is 11.6. The minimum Gasteiger partial charge on any atom is -0.326 e. The van der Waals surface area contributed by atoms with Crippen LogP contribution < -0.4 is 5.32 Å². The standard InChI is InChI=1S/C24H23N3OS2/c1-15(2)29-19-10-7-17(8-11-19)13-22(28)26-21-14-18(9-6-16(21)3)23-27-20-5-4-12-25-24(20)30-23/h4-12,14-15H,13H2,1-3H3,(H,26,28). The third kappa shape index (κ3) is 4.89. The number of thioether (sulfide) groups is 1. The lowest BCUT2D eigenvalue weighted by molar-refractivity contribution is -0.115. The van der Waals surface area contributed by atoms with Gasteiger partial charge in [-0.3, -0.25) is 4.79 Å². The second-order valence-corrected chi connectivity index (χ2v) is 10.0. The van der Waals surface area contributed by atoms with E-state index in [-0.39, 0.29) is 5.91 Å². The van der Waals surface area contributed by atoms with E-state index in [0.29, 0.717) is 11.7 Å². The molecule has 2 aromatic heterocycles. The maximum absolute atomic E-state index is 12.6. The molecule has 0 bridgehead atoms. The van der Waals surface area contributed by atoms with Crippen molar-refractivity contribution in [3.05, 3.63) is 71.9 Å². The lowest BCUT2D eigenvalue weighted by Gasteiger charge is -2.10. The van der Waals surface area contributed by atoms with Crippen molar-refractivity contribution in [3.63, 3.8) is 0 Å². The number of amides is 1. The Hall–Kier alpha value is -2.70. The van der Waals surface area contributed by atoms with Crippen molar-refractivity contribution in [1.82, 2.24) is 9.97 Å². The number of fused-ring (bicyclic) bond motifs is 1. The normalized spacial score (nSPS) is 11.2. The summed E-state index contributed by atoms with van der Waals surface area (Å²) in [4.78, 5) is 23.8. The Labute approximate surface area is 184 Å². The number of carbonyl (C=O) groups excluding carboxylic acids is 1. The van der Waals surface area contributed by atoms with Crippen LogP contribution in [0.4, 0.5) is 5.69 Å². The second kappa shape index (κ2) is 8.98. The predicted octanol–water partition coefficient (Wildman–Crippen LogP) is 6.35. The van der Waals surface area contributed by atoms with Crippen LogP contribution in [0.2, 0.25) is 0 Å². The number of rotatable bonds is 6. The van der Waals surface area contributed by atoms with Crippen LogP contribution in [0.1, 0.15) is 25.0 Å². The smallest absolute Gasteiger partial charge is 0.228 e. The van der Waals surface area contributed by atoms with Gasteiger partial charge in [-0.1, -0.05) is 49.4 Å². The van der Waals surface area contributed by atoms with E-state index in [4.69, 9.17) is 0 Å². The highest BCUT2D eigenvalue weighted by Gasteiger charge is 2.11. The number of hydrogen-bond acceptors (Lipinski definition) is 5. The monoisotopic (exact) mass is 433 g/mol. The van der Waals surface area contributed by atoms with Crippen LogP contribution in [0.3, 0.4) is 0 Å². The Morgan fingerprint density at radius 1 is 1.13 bits per heavy atom. The summed E-state index contributed by atoms with van der Waals surface area (Å²) in [6.45, 7) is 6.35. The molecule has 30 heavy (non-hydrogen) atoms. The highest BCUT2D eigenvalue weighted by Crippen LogP contribution is 2.31. The van der Waals surface area contributed by atoms with E-state index in [1.807, 2.05) is 61.2 Å². The summed E-state index contributed by atoms with van der Waals surface area (Å²) in [7, 11) is 0. The molecule has 4 rings (SSSR count). The molecule has 0 unspecified atom stereocenters. The summed E-state index contributed by atoms with van der Waals surface area (Å²) in [6.07, 6.45) is 2.13. The molecule has 0 aliphatic carbocycles. The molecule has 152 valence electrons. The van der Waals surface area contributed by atoms with Crippen LogP contribution in [0.5, 0.6) is 0 Å². The molecule has 0 saturated carbocycles. The van der Waals surface area contributed by atoms with Crippen molar-refractivity contribution in [2.45, 2.75) is 37.3 Å². The maximum Gasteiger partial charge on any atom is 0.228 e. The van der Waals surface area contributed by atoms with Crippen molar-refractivity contribution in [2.75, 3.05) is 5.32 Å². The van der Waals surface area contributed by atoms with Crippen molar-refractivity contribution >= 4 is 45.0 Å². The van der Waals surface area contributed by atoms with E-state index in [1.54, 1.807) is 17.5 Å². The van der Waals surface area contributed by atoms with E-state index in [0.717, 1.165) is 37.7 Å². The molecule has 0 atom stereocenters. The molecule has 4 nitrogen and oxygen atoms in total. The van der Waals surface area contributed by atoms with E-state index in [2.05, 4.69) is 41.3 Å². The molecule has 1 amide bonds. The lowest BCUT2D eigenvalue weighted by Crippen LogP contribution is -2.15. The number of nitrogens with zero attached hydrogens (tertiary/aromatic N) is 2. The van der Waals surface area contributed by atoms with E-state index < -0.39 is 0 Å². The highest BCUT2D eigenvalue weighted by molar-refractivity contribution is 7.99. The summed E-state index contributed by atoms with van der Waals surface area (Å²) in [5, 5.41) is 4.51. The van der Waals surface area contributed by atoms with Gasteiger partial charge >= 0.3 is 0 Å². The van der Waals surface area contributed by atoms with Crippen LogP contribution in [0, 0.1) is 6.92 Å². The van der Waals surface area contributed by atoms with Crippen LogP contribution in [0.15, 0.2) is 65.7 Å². The van der Waals surface area contributed by atoms with E-state index >= 15 is 0 Å². The van der Waals surface area contributed by atoms with Gasteiger partial charge in [0, 0.05) is 27.6 Å². The fourth-order valence-corrected chi connectivity index (χ4v) is 4.86. The highest BCUT2D eigenvalue weighted by atomic mass is 32.2. The second-order valence-electron chi connectivity index (χ2n) is 7.41. The van der Waals surface area contributed by atoms with Gasteiger partial charge in [-0.2, -0.15) is 0 Å². The van der Waals surface area contributed by atoms with Crippen LogP contribution in [-0.4, -0.2) is 21.1 Å². The van der Waals surface area contributed by atoms with Crippen molar-refractivity contribution in [3.8, 4) is 10.6 Å². The number of benzene rings is 2. The molecule has 1 N–H and O–H groups in total. The van der Waals surface area contributed by atoms with Gasteiger partial charge in [-0.05, 0) is 48.4 Å². The molecular formula is C24H23N3OS2. The molecule has 0 aliphatic heterocycles. The van der Waals surface area contributed by atoms with Gasteiger partial charge in [-0.15, -0.1) is 11.8 Å². The number of carbonyl (C=O) groups is 1. The third-order valence-electron chi connectivity index (χ3n) is 4.58. The summed E-state index contributed by atoms with van der Waals surface area (Å²) < 4.78 is 0.